The third-order valence-corrected chi connectivity index (χ3v) is 3.89. The van der Waals surface area contributed by atoms with Crippen LogP contribution in [-0.4, -0.2) is 43.0 Å². The lowest BCUT2D eigenvalue weighted by atomic mass is 9.90. The van der Waals surface area contributed by atoms with Gasteiger partial charge in [-0.2, -0.15) is 0 Å². The molecule has 3 aliphatic heterocycles. The standard InChI is InChI=1S/C11H17ClO3/c12-7-4-11-10(14-6-7)5-9-8(15-11)2-1-3-13-9/h7-11H,1-6H2/t7-,8+,9+,10+,11+/m0/s1. The van der Waals surface area contributed by atoms with Crippen molar-refractivity contribution >= 4 is 11.6 Å². The number of alkyl halides is 1. The highest BCUT2D eigenvalue weighted by molar-refractivity contribution is 6.20. The highest BCUT2D eigenvalue weighted by Gasteiger charge is 2.43. The molecule has 0 spiro atoms. The second-order valence-electron chi connectivity index (χ2n) is 4.70. The summed E-state index contributed by atoms with van der Waals surface area (Å²) in [5, 5.41) is 0.118. The average molecular weight is 233 g/mol. The van der Waals surface area contributed by atoms with Crippen LogP contribution in [0.5, 0.6) is 0 Å². The summed E-state index contributed by atoms with van der Waals surface area (Å²) in [6.45, 7) is 1.53. The second kappa shape index (κ2) is 4.21. The van der Waals surface area contributed by atoms with E-state index in [1.165, 1.54) is 0 Å². The van der Waals surface area contributed by atoms with Gasteiger partial charge in [-0.1, -0.05) is 0 Å². The van der Waals surface area contributed by atoms with E-state index in [0.29, 0.717) is 6.61 Å². The molecule has 3 fully saturated rings. The fourth-order valence-electron chi connectivity index (χ4n) is 2.81. The van der Waals surface area contributed by atoms with E-state index < -0.39 is 0 Å². The van der Waals surface area contributed by atoms with E-state index in [1.54, 1.807) is 0 Å². The van der Waals surface area contributed by atoms with Crippen molar-refractivity contribution in [2.45, 2.75) is 55.5 Å². The van der Waals surface area contributed by atoms with Crippen LogP contribution in [-0.2, 0) is 14.2 Å². The molecular formula is C11H17ClO3. The molecule has 0 aromatic carbocycles. The fourth-order valence-corrected chi connectivity index (χ4v) is 3.06. The summed E-state index contributed by atoms with van der Waals surface area (Å²) in [6.07, 6.45) is 5.10. The van der Waals surface area contributed by atoms with Crippen LogP contribution in [0.15, 0.2) is 0 Å². The van der Waals surface area contributed by atoms with Crippen molar-refractivity contribution in [3.63, 3.8) is 0 Å². The maximum atomic E-state index is 6.08. The molecule has 0 aliphatic carbocycles. The average Bonchev–Trinajstić information content (AvgIpc) is 2.26. The molecule has 3 nitrogen and oxygen atoms in total. The first-order valence-electron chi connectivity index (χ1n) is 5.85. The number of ether oxygens (including phenoxy) is 3. The molecule has 86 valence electrons. The molecule has 0 unspecified atom stereocenters. The van der Waals surface area contributed by atoms with Gasteiger partial charge < -0.3 is 14.2 Å². The molecule has 0 aromatic rings. The third-order valence-electron chi connectivity index (χ3n) is 3.59. The fraction of sp³-hybridized carbons (Fsp3) is 1.00. The molecule has 3 aliphatic rings. The summed E-state index contributed by atoms with van der Waals surface area (Å²) < 4.78 is 17.5. The van der Waals surface area contributed by atoms with Gasteiger partial charge in [-0.15, -0.1) is 11.6 Å². The van der Waals surface area contributed by atoms with Crippen LogP contribution in [0.25, 0.3) is 0 Å². The van der Waals surface area contributed by atoms with Gasteiger partial charge in [0.15, 0.2) is 0 Å². The maximum Gasteiger partial charge on any atom is 0.0863 e. The molecule has 15 heavy (non-hydrogen) atoms. The number of halogens is 1. The molecule has 4 heteroatoms. The van der Waals surface area contributed by atoms with Crippen LogP contribution in [0.1, 0.15) is 25.7 Å². The van der Waals surface area contributed by atoms with Crippen molar-refractivity contribution in [2.75, 3.05) is 13.2 Å². The maximum absolute atomic E-state index is 6.08. The summed E-state index contributed by atoms with van der Waals surface area (Å²) in [5.74, 6) is 0. The zero-order chi connectivity index (χ0) is 10.3. The van der Waals surface area contributed by atoms with Gasteiger partial charge in [-0.05, 0) is 19.3 Å². The minimum Gasteiger partial charge on any atom is -0.375 e. The topological polar surface area (TPSA) is 27.7 Å². The Bertz CT molecular complexity index is 236. The Labute approximate surface area is 95.0 Å². The molecule has 0 bridgehead atoms. The first kappa shape index (κ1) is 10.3. The van der Waals surface area contributed by atoms with Gasteiger partial charge in [0.25, 0.3) is 0 Å². The van der Waals surface area contributed by atoms with Crippen molar-refractivity contribution in [3.8, 4) is 0 Å². The van der Waals surface area contributed by atoms with E-state index in [0.717, 1.165) is 32.3 Å². The summed E-state index contributed by atoms with van der Waals surface area (Å²) in [4.78, 5) is 0. The normalized spacial score (nSPS) is 50.6. The van der Waals surface area contributed by atoms with E-state index >= 15 is 0 Å². The van der Waals surface area contributed by atoms with Gasteiger partial charge in [0.2, 0.25) is 0 Å². The predicted molar refractivity (Wildman–Crippen MR) is 56.3 cm³/mol. The van der Waals surface area contributed by atoms with E-state index in [9.17, 15) is 0 Å². The largest absolute Gasteiger partial charge is 0.375 e. The Morgan fingerprint density at radius 2 is 1.80 bits per heavy atom. The van der Waals surface area contributed by atoms with Gasteiger partial charge in [-0.25, -0.2) is 0 Å². The Morgan fingerprint density at radius 3 is 2.73 bits per heavy atom. The van der Waals surface area contributed by atoms with Crippen molar-refractivity contribution in [2.24, 2.45) is 0 Å². The quantitative estimate of drug-likeness (QED) is 0.596. The molecule has 0 radical (unpaired) electrons. The molecule has 0 N–H and O–H groups in total. The minimum atomic E-state index is 0.118. The van der Waals surface area contributed by atoms with E-state index in [-0.39, 0.29) is 29.8 Å². The van der Waals surface area contributed by atoms with Crippen LogP contribution in [0, 0.1) is 0 Å². The van der Waals surface area contributed by atoms with Crippen molar-refractivity contribution in [1.82, 2.24) is 0 Å². The van der Waals surface area contributed by atoms with Gasteiger partial charge >= 0.3 is 0 Å². The summed E-state index contributed by atoms with van der Waals surface area (Å²) in [5.41, 5.74) is 0. The third kappa shape index (κ3) is 2.03. The lowest BCUT2D eigenvalue weighted by Crippen LogP contribution is -2.54. The molecule has 5 atom stereocenters. The number of rotatable bonds is 0. The van der Waals surface area contributed by atoms with Crippen LogP contribution < -0.4 is 0 Å². The van der Waals surface area contributed by atoms with Crippen LogP contribution in [0.3, 0.4) is 0 Å². The van der Waals surface area contributed by atoms with Gasteiger partial charge in [0.1, 0.15) is 0 Å². The monoisotopic (exact) mass is 232 g/mol. The zero-order valence-electron chi connectivity index (χ0n) is 8.73. The summed E-state index contributed by atoms with van der Waals surface area (Å²) in [7, 11) is 0. The van der Waals surface area contributed by atoms with E-state index in [2.05, 4.69) is 0 Å². The smallest absolute Gasteiger partial charge is 0.0863 e. The molecule has 0 saturated carbocycles. The highest BCUT2D eigenvalue weighted by Crippen LogP contribution is 2.35. The van der Waals surface area contributed by atoms with Crippen molar-refractivity contribution in [1.29, 1.82) is 0 Å². The Balaban J connectivity index is 1.67. The Hall–Kier alpha value is 0.170. The van der Waals surface area contributed by atoms with E-state index in [1.807, 2.05) is 0 Å². The number of hydrogen-bond acceptors (Lipinski definition) is 3. The van der Waals surface area contributed by atoms with Crippen molar-refractivity contribution in [3.05, 3.63) is 0 Å². The molecular weight excluding hydrogens is 216 g/mol. The minimum absolute atomic E-state index is 0.118. The second-order valence-corrected chi connectivity index (χ2v) is 5.32. The van der Waals surface area contributed by atoms with Gasteiger partial charge in [-0.3, -0.25) is 0 Å². The van der Waals surface area contributed by atoms with Crippen molar-refractivity contribution < 1.29 is 14.2 Å². The SMILES string of the molecule is Cl[C@@H]1CO[C@@H]2C[C@H]3OCCC[C@H]3O[C@@H]2C1. The van der Waals surface area contributed by atoms with Gasteiger partial charge in [0, 0.05) is 13.0 Å². The lowest BCUT2D eigenvalue weighted by Gasteiger charge is -2.46. The molecule has 3 rings (SSSR count). The predicted octanol–water partition coefficient (Wildman–Crippen LogP) is 1.72. The number of fused-ring (bicyclic) bond motifs is 2. The number of hydrogen-bond donors (Lipinski definition) is 0. The van der Waals surface area contributed by atoms with Crippen LogP contribution >= 0.6 is 11.6 Å². The molecule has 3 heterocycles. The Morgan fingerprint density at radius 1 is 0.933 bits per heavy atom. The molecule has 3 saturated heterocycles. The summed E-state index contributed by atoms with van der Waals surface area (Å²) >= 11 is 6.08. The summed E-state index contributed by atoms with van der Waals surface area (Å²) in [6, 6.07) is 0. The molecule has 0 amide bonds. The van der Waals surface area contributed by atoms with Crippen LogP contribution in [0.2, 0.25) is 0 Å². The molecule has 0 aromatic heterocycles. The van der Waals surface area contributed by atoms with E-state index in [4.69, 9.17) is 25.8 Å². The first-order chi connectivity index (χ1) is 7.33. The zero-order valence-corrected chi connectivity index (χ0v) is 9.49. The lowest BCUT2D eigenvalue weighted by molar-refractivity contribution is -0.225. The Kier molecular flexibility index (Phi) is 2.90. The van der Waals surface area contributed by atoms with Crippen LogP contribution in [0.4, 0.5) is 0 Å². The first-order valence-corrected chi connectivity index (χ1v) is 6.29. The highest BCUT2D eigenvalue weighted by atomic mass is 35.5. The van der Waals surface area contributed by atoms with Gasteiger partial charge in [0.05, 0.1) is 36.4 Å².